The van der Waals surface area contributed by atoms with Gasteiger partial charge in [-0.25, -0.2) is 0 Å². The molecule has 1 aliphatic carbocycles. The molecule has 1 aliphatic rings. The van der Waals surface area contributed by atoms with E-state index in [1.807, 2.05) is 36.4 Å². The second-order valence-electron chi connectivity index (χ2n) is 14.1. The minimum atomic E-state index is -0.487. The third kappa shape index (κ3) is 4.92. The summed E-state index contributed by atoms with van der Waals surface area (Å²) in [5.41, 5.74) is 14.9. The number of hydrogen-bond acceptors (Lipinski definition) is 1. The first-order valence-electron chi connectivity index (χ1n) is 18.5. The molecule has 1 aromatic heterocycles. The quantitative estimate of drug-likeness (QED) is 0.162. The Bertz CT molecular complexity index is 2830. The van der Waals surface area contributed by atoms with Crippen LogP contribution in [-0.4, -0.2) is 10.3 Å². The summed E-state index contributed by atoms with van der Waals surface area (Å²) in [7, 11) is 0. The lowest BCUT2D eigenvalue weighted by Crippen LogP contribution is -2.28. The zero-order chi connectivity index (χ0) is 36.1. The number of para-hydroxylation sites is 1. The normalized spacial score (nSPS) is 13.0. The van der Waals surface area contributed by atoms with Crippen LogP contribution in [0.5, 0.6) is 0 Å². The molecule has 0 aliphatic heterocycles. The van der Waals surface area contributed by atoms with Crippen LogP contribution in [0, 0.1) is 5.41 Å². The van der Waals surface area contributed by atoms with Crippen LogP contribution in [0.25, 0.3) is 56.3 Å². The molecule has 0 spiro atoms. The maximum Gasteiger partial charge on any atom is 0.0714 e. The van der Waals surface area contributed by atoms with Gasteiger partial charge in [0.15, 0.2) is 0 Å². The van der Waals surface area contributed by atoms with E-state index in [0.29, 0.717) is 5.71 Å². The summed E-state index contributed by atoms with van der Waals surface area (Å²) in [6.45, 7) is 0. The summed E-state index contributed by atoms with van der Waals surface area (Å²) < 4.78 is 2.33. The van der Waals surface area contributed by atoms with Crippen molar-refractivity contribution < 1.29 is 0 Å². The lowest BCUT2D eigenvalue weighted by Gasteiger charge is -2.34. The van der Waals surface area contributed by atoms with Crippen LogP contribution in [0.4, 0.5) is 0 Å². The molecule has 10 rings (SSSR count). The third-order valence-corrected chi connectivity index (χ3v) is 11.2. The van der Waals surface area contributed by atoms with Gasteiger partial charge in [0.1, 0.15) is 0 Å². The van der Waals surface area contributed by atoms with Crippen molar-refractivity contribution >= 4 is 39.8 Å². The number of nitrogens with one attached hydrogen (secondary N) is 1. The highest BCUT2D eigenvalue weighted by Crippen LogP contribution is 2.56. The molecule has 2 nitrogen and oxygen atoms in total. The average molecular weight is 689 g/mol. The highest BCUT2D eigenvalue weighted by molar-refractivity contribution is 6.14. The number of rotatable bonds is 7. The minimum Gasteiger partial charge on any atom is -0.316 e. The second kappa shape index (κ2) is 12.9. The molecule has 0 atom stereocenters. The van der Waals surface area contributed by atoms with Gasteiger partial charge in [0, 0.05) is 28.1 Å². The molecular weight excluding hydrogens is 653 g/mol. The zero-order valence-corrected chi connectivity index (χ0v) is 29.7. The van der Waals surface area contributed by atoms with Crippen molar-refractivity contribution in [2.24, 2.45) is 0 Å². The van der Waals surface area contributed by atoms with Gasteiger partial charge in [-0.2, -0.15) is 0 Å². The predicted molar refractivity (Wildman–Crippen MR) is 226 cm³/mol. The summed E-state index contributed by atoms with van der Waals surface area (Å²) in [6.07, 6.45) is 4.37. The Labute approximate surface area is 315 Å². The van der Waals surface area contributed by atoms with E-state index in [-0.39, 0.29) is 0 Å². The van der Waals surface area contributed by atoms with Crippen LogP contribution in [-0.2, 0) is 5.41 Å². The Morgan fingerprint density at radius 3 is 1.78 bits per heavy atom. The summed E-state index contributed by atoms with van der Waals surface area (Å²) in [5, 5.41) is 11.8. The van der Waals surface area contributed by atoms with Crippen molar-refractivity contribution in [3.05, 3.63) is 239 Å². The van der Waals surface area contributed by atoms with E-state index in [1.165, 1.54) is 44.2 Å². The van der Waals surface area contributed by atoms with E-state index >= 15 is 0 Å². The molecule has 2 heteroatoms. The number of benzene rings is 8. The zero-order valence-electron chi connectivity index (χ0n) is 29.7. The van der Waals surface area contributed by atoms with E-state index in [2.05, 4.69) is 181 Å². The first-order valence-corrected chi connectivity index (χ1v) is 18.5. The smallest absolute Gasteiger partial charge is 0.0714 e. The van der Waals surface area contributed by atoms with Crippen LogP contribution >= 0.6 is 0 Å². The Balaban J connectivity index is 1.19. The van der Waals surface area contributed by atoms with Gasteiger partial charge in [0.05, 0.1) is 22.2 Å². The Morgan fingerprint density at radius 1 is 0.463 bits per heavy atom. The van der Waals surface area contributed by atoms with Crippen molar-refractivity contribution in [3.8, 4) is 22.3 Å². The van der Waals surface area contributed by atoms with Gasteiger partial charge in [0.2, 0.25) is 0 Å². The van der Waals surface area contributed by atoms with Crippen molar-refractivity contribution in [2.45, 2.75) is 5.41 Å². The number of fused-ring (bicyclic) bond motifs is 6. The molecule has 0 saturated heterocycles. The molecule has 8 aromatic carbocycles. The molecule has 9 aromatic rings. The number of nitrogens with zero attached hydrogens (tertiary/aromatic N) is 1. The molecule has 0 unspecified atom stereocenters. The van der Waals surface area contributed by atoms with Gasteiger partial charge in [-0.3, -0.25) is 5.41 Å². The van der Waals surface area contributed by atoms with Crippen molar-refractivity contribution in [2.75, 3.05) is 0 Å². The maximum absolute atomic E-state index is 9.39. The third-order valence-electron chi connectivity index (χ3n) is 11.2. The second-order valence-corrected chi connectivity index (χ2v) is 14.1. The van der Waals surface area contributed by atoms with E-state index in [4.69, 9.17) is 0 Å². The van der Waals surface area contributed by atoms with Gasteiger partial charge in [-0.15, -0.1) is 0 Å². The topological polar surface area (TPSA) is 28.8 Å². The fraction of sp³-hybridized carbons (Fsp3) is 0.0192. The van der Waals surface area contributed by atoms with Gasteiger partial charge in [0.25, 0.3) is 0 Å². The number of aromatic nitrogens is 1. The SMILES string of the molecule is N=C(c1ccccc1)c1cc(-c2ccccc2)ccc1/C=C/n1c2ccccc2c2ccc(C3(c4ccccc4)c4ccccc4-c4ccccc43)cc21. The first-order chi connectivity index (χ1) is 26.7. The van der Waals surface area contributed by atoms with Crippen molar-refractivity contribution in [1.82, 2.24) is 4.57 Å². The molecule has 1 N–H and O–H groups in total. The molecule has 0 radical (unpaired) electrons. The minimum absolute atomic E-state index is 0.487. The van der Waals surface area contributed by atoms with Crippen LogP contribution in [0.2, 0.25) is 0 Å². The first kappa shape index (κ1) is 31.7. The van der Waals surface area contributed by atoms with Gasteiger partial charge in [-0.1, -0.05) is 182 Å². The van der Waals surface area contributed by atoms with E-state index in [9.17, 15) is 5.41 Å². The maximum atomic E-state index is 9.39. The Kier molecular flexibility index (Phi) is 7.56. The molecule has 0 saturated carbocycles. The van der Waals surface area contributed by atoms with Gasteiger partial charge < -0.3 is 4.57 Å². The number of hydrogen-bond donors (Lipinski definition) is 1. The highest BCUT2D eigenvalue weighted by Gasteiger charge is 2.46. The largest absolute Gasteiger partial charge is 0.316 e. The Morgan fingerprint density at radius 2 is 1.06 bits per heavy atom. The molecule has 0 amide bonds. The van der Waals surface area contributed by atoms with E-state index in [1.54, 1.807) is 0 Å². The standard InChI is InChI=1S/C52H36N2/c53-51(38-18-6-2-7-19-38)46-34-39(36-16-4-1-5-17-36)29-28-37(46)32-33-54-49-27-15-12-24-44(49)45-31-30-41(35-50(45)54)52(40-20-8-3-9-21-40)47-25-13-10-22-42(47)43-23-11-14-26-48(43)52/h1-35,53H/b33-32+,53-51?. The highest BCUT2D eigenvalue weighted by atomic mass is 15.0. The van der Waals surface area contributed by atoms with Crippen LogP contribution in [0.1, 0.15) is 38.9 Å². The lowest BCUT2D eigenvalue weighted by atomic mass is 9.67. The average Bonchev–Trinajstić information content (AvgIpc) is 3.73. The van der Waals surface area contributed by atoms with Gasteiger partial charge >= 0.3 is 0 Å². The predicted octanol–water partition coefficient (Wildman–Crippen LogP) is 12.9. The summed E-state index contributed by atoms with van der Waals surface area (Å²) >= 11 is 0. The van der Waals surface area contributed by atoms with Crippen LogP contribution in [0.3, 0.4) is 0 Å². The summed E-state index contributed by atoms with van der Waals surface area (Å²) in [4.78, 5) is 0. The molecule has 0 bridgehead atoms. The summed E-state index contributed by atoms with van der Waals surface area (Å²) in [6, 6.07) is 71.5. The van der Waals surface area contributed by atoms with Crippen LogP contribution in [0.15, 0.2) is 200 Å². The van der Waals surface area contributed by atoms with E-state index in [0.717, 1.165) is 38.9 Å². The Hall–Kier alpha value is -7.03. The monoisotopic (exact) mass is 688 g/mol. The lowest BCUT2D eigenvalue weighted by molar-refractivity contribution is 0.769. The molecule has 1 heterocycles. The summed E-state index contributed by atoms with van der Waals surface area (Å²) in [5.74, 6) is 0. The van der Waals surface area contributed by atoms with Crippen molar-refractivity contribution in [3.63, 3.8) is 0 Å². The van der Waals surface area contributed by atoms with Gasteiger partial charge in [-0.05, 0) is 74.3 Å². The molecular formula is C52H36N2. The fourth-order valence-electron chi connectivity index (χ4n) is 8.75. The van der Waals surface area contributed by atoms with Crippen molar-refractivity contribution in [1.29, 1.82) is 5.41 Å². The van der Waals surface area contributed by atoms with E-state index < -0.39 is 5.41 Å². The molecule has 254 valence electrons. The fourth-order valence-corrected chi connectivity index (χ4v) is 8.75. The molecule has 0 fully saturated rings. The molecule has 54 heavy (non-hydrogen) atoms. The van der Waals surface area contributed by atoms with Crippen LogP contribution < -0.4 is 0 Å².